The quantitative estimate of drug-likeness (QED) is 0.602. The van der Waals surface area contributed by atoms with Crippen molar-refractivity contribution in [1.29, 1.82) is 0 Å². The lowest BCUT2D eigenvalue weighted by Gasteiger charge is -2.18. The molecule has 2 aliphatic carbocycles. The first kappa shape index (κ1) is 22.8. The van der Waals surface area contributed by atoms with E-state index in [1.165, 1.54) is 19.2 Å². The number of nitrogens with one attached hydrogen (secondary N) is 1. The summed E-state index contributed by atoms with van der Waals surface area (Å²) >= 11 is 0. The van der Waals surface area contributed by atoms with Crippen molar-refractivity contribution in [2.75, 3.05) is 7.11 Å². The van der Waals surface area contributed by atoms with Gasteiger partial charge >= 0.3 is 12.1 Å². The van der Waals surface area contributed by atoms with Crippen molar-refractivity contribution >= 4 is 23.4 Å². The van der Waals surface area contributed by atoms with Gasteiger partial charge in [0.05, 0.1) is 18.6 Å². The van der Waals surface area contributed by atoms with Gasteiger partial charge in [-0.15, -0.1) is 0 Å². The van der Waals surface area contributed by atoms with Gasteiger partial charge in [0.25, 0.3) is 0 Å². The van der Waals surface area contributed by atoms with Gasteiger partial charge in [-0.25, -0.2) is 4.79 Å². The van der Waals surface area contributed by atoms with E-state index in [1.807, 2.05) is 30.4 Å². The summed E-state index contributed by atoms with van der Waals surface area (Å²) in [5.74, 6) is -1.30. The molecule has 0 bridgehead atoms. The summed E-state index contributed by atoms with van der Waals surface area (Å²) in [6, 6.07) is 9.85. The minimum atomic E-state index is -4.53. The summed E-state index contributed by atoms with van der Waals surface area (Å²) < 4.78 is 45.0. The van der Waals surface area contributed by atoms with Crippen molar-refractivity contribution in [3.63, 3.8) is 0 Å². The van der Waals surface area contributed by atoms with Gasteiger partial charge in [0.1, 0.15) is 6.04 Å². The molecular weight excluding hydrogens is 431 g/mol. The van der Waals surface area contributed by atoms with Crippen LogP contribution in [0, 0.1) is 0 Å². The van der Waals surface area contributed by atoms with E-state index < -0.39 is 29.7 Å². The molecule has 2 atom stereocenters. The number of ketones is 1. The van der Waals surface area contributed by atoms with Crippen LogP contribution < -0.4 is 5.32 Å². The highest BCUT2D eigenvalue weighted by molar-refractivity contribution is 6.26. The molecule has 0 saturated heterocycles. The van der Waals surface area contributed by atoms with Crippen LogP contribution in [0.25, 0.3) is 11.6 Å². The van der Waals surface area contributed by atoms with E-state index in [9.17, 15) is 22.8 Å². The summed E-state index contributed by atoms with van der Waals surface area (Å²) in [4.78, 5) is 25.9. The second-order valence-electron chi connectivity index (χ2n) is 8.21. The van der Waals surface area contributed by atoms with Crippen molar-refractivity contribution in [3.05, 3.63) is 82.1 Å². The van der Waals surface area contributed by atoms with E-state index in [0.717, 1.165) is 35.2 Å². The van der Waals surface area contributed by atoms with Crippen LogP contribution in [0.2, 0.25) is 0 Å². The topological polar surface area (TPSA) is 55.4 Å². The first-order valence-electron chi connectivity index (χ1n) is 10.8. The molecule has 0 heterocycles. The van der Waals surface area contributed by atoms with E-state index >= 15 is 0 Å². The molecule has 0 spiro atoms. The van der Waals surface area contributed by atoms with Crippen molar-refractivity contribution in [2.24, 2.45) is 0 Å². The molecule has 7 heteroatoms. The first-order valence-corrected chi connectivity index (χ1v) is 10.8. The molecule has 0 saturated carbocycles. The van der Waals surface area contributed by atoms with E-state index in [2.05, 4.69) is 5.32 Å². The summed E-state index contributed by atoms with van der Waals surface area (Å²) in [5, 5.41) is 3.11. The summed E-state index contributed by atoms with van der Waals surface area (Å²) in [7, 11) is 1.27. The Morgan fingerprint density at radius 1 is 1.21 bits per heavy atom. The lowest BCUT2D eigenvalue weighted by atomic mass is 9.88. The number of carbonyl (C=O) groups is 2. The molecule has 2 aliphatic rings. The predicted octanol–water partition coefficient (Wildman–Crippen LogP) is 5.28. The third kappa shape index (κ3) is 4.32. The number of esters is 1. The number of alkyl halides is 3. The Bertz CT molecular complexity index is 1160. The number of allylic oxidation sites excluding steroid dienone is 3. The predicted molar refractivity (Wildman–Crippen MR) is 119 cm³/mol. The van der Waals surface area contributed by atoms with Crippen molar-refractivity contribution in [3.8, 4) is 0 Å². The number of benzene rings is 2. The van der Waals surface area contributed by atoms with Crippen molar-refractivity contribution < 1.29 is 27.5 Å². The van der Waals surface area contributed by atoms with Crippen LogP contribution in [-0.2, 0) is 26.9 Å². The van der Waals surface area contributed by atoms with Crippen LogP contribution >= 0.6 is 0 Å². The number of fused-ring (bicyclic) bond motifs is 1. The van der Waals surface area contributed by atoms with E-state index in [1.54, 1.807) is 6.92 Å². The van der Waals surface area contributed by atoms with E-state index in [4.69, 9.17) is 4.74 Å². The van der Waals surface area contributed by atoms with Gasteiger partial charge in [-0.1, -0.05) is 49.4 Å². The number of ether oxygens (including phenoxy) is 1. The minimum absolute atomic E-state index is 0.183. The van der Waals surface area contributed by atoms with Gasteiger partial charge in [-0.3, -0.25) is 4.79 Å². The van der Waals surface area contributed by atoms with Gasteiger partial charge in [-0.05, 0) is 47.2 Å². The van der Waals surface area contributed by atoms with Crippen LogP contribution in [0.1, 0.15) is 53.5 Å². The van der Waals surface area contributed by atoms with Crippen LogP contribution in [0.5, 0.6) is 0 Å². The van der Waals surface area contributed by atoms with Gasteiger partial charge in [0, 0.05) is 17.7 Å². The molecular formula is C26H24F3NO3. The average Bonchev–Trinajstić information content (AvgIpc) is 3.40. The Balaban J connectivity index is 1.80. The minimum Gasteiger partial charge on any atom is -0.467 e. The van der Waals surface area contributed by atoms with Crippen molar-refractivity contribution in [1.82, 2.24) is 5.32 Å². The molecule has 172 valence electrons. The van der Waals surface area contributed by atoms with E-state index in [0.29, 0.717) is 12.1 Å². The van der Waals surface area contributed by atoms with Crippen molar-refractivity contribution in [2.45, 2.75) is 44.3 Å². The smallest absolute Gasteiger partial charge is 0.416 e. The number of methoxy groups -OCH3 is 1. The molecule has 4 rings (SSSR count). The van der Waals surface area contributed by atoms with Crippen LogP contribution in [0.15, 0.2) is 54.2 Å². The molecule has 2 aromatic carbocycles. The zero-order chi connectivity index (χ0) is 23.8. The number of rotatable bonds is 6. The molecule has 1 N–H and O–H groups in total. The Labute approximate surface area is 190 Å². The van der Waals surface area contributed by atoms with Crippen LogP contribution in [0.3, 0.4) is 0 Å². The molecule has 0 amide bonds. The highest BCUT2D eigenvalue weighted by Gasteiger charge is 2.39. The third-order valence-electron chi connectivity index (χ3n) is 6.22. The largest absolute Gasteiger partial charge is 0.467 e. The second kappa shape index (κ2) is 8.89. The Kier molecular flexibility index (Phi) is 6.15. The summed E-state index contributed by atoms with van der Waals surface area (Å²) in [6.07, 6.45) is 0.920. The fourth-order valence-corrected chi connectivity index (χ4v) is 4.57. The monoisotopic (exact) mass is 455 g/mol. The lowest BCUT2D eigenvalue weighted by Crippen LogP contribution is -2.36. The lowest BCUT2D eigenvalue weighted by molar-refractivity contribution is -0.143. The van der Waals surface area contributed by atoms with Gasteiger partial charge in [0.15, 0.2) is 5.78 Å². The fourth-order valence-electron chi connectivity index (χ4n) is 4.57. The molecule has 4 nitrogen and oxygen atoms in total. The van der Waals surface area contributed by atoms with Gasteiger partial charge in [-0.2, -0.15) is 13.2 Å². The standard InChI is InChI=1S/C26H24F3NO3/c1-3-21(25(32)33-2)30-22-14-20(19-12-6-8-15-7-5-11-18(15)19)24(31)23(22)16-9-4-10-17(13-16)26(27,28)29/h4-6,8-13,20-21,30H,3,7,14H2,1-2H3. The number of halogens is 3. The summed E-state index contributed by atoms with van der Waals surface area (Å²) in [5.41, 5.74) is 2.95. The molecule has 0 fully saturated rings. The first-order chi connectivity index (χ1) is 15.7. The maximum atomic E-state index is 13.7. The Morgan fingerprint density at radius 2 is 1.97 bits per heavy atom. The summed E-state index contributed by atoms with van der Waals surface area (Å²) in [6.45, 7) is 1.79. The highest BCUT2D eigenvalue weighted by atomic mass is 19.4. The molecule has 0 aromatic heterocycles. The molecule has 2 unspecified atom stereocenters. The number of hydrogen-bond acceptors (Lipinski definition) is 4. The number of Topliss-reactive ketones (excluding diaryl/α,β-unsaturated/α-hetero) is 1. The van der Waals surface area contributed by atoms with E-state index in [-0.39, 0.29) is 23.3 Å². The maximum absolute atomic E-state index is 13.7. The normalized spacial score (nSPS) is 18.5. The Morgan fingerprint density at radius 3 is 2.67 bits per heavy atom. The zero-order valence-corrected chi connectivity index (χ0v) is 18.3. The molecule has 33 heavy (non-hydrogen) atoms. The average molecular weight is 455 g/mol. The third-order valence-corrected chi connectivity index (χ3v) is 6.22. The maximum Gasteiger partial charge on any atom is 0.416 e. The highest BCUT2D eigenvalue weighted by Crippen LogP contribution is 2.43. The SMILES string of the molecule is CCC(NC1=C(c2cccc(C(F)(F)F)c2)C(=O)C(c2cccc3c2C=CC3)C1)C(=O)OC. The Hall–Kier alpha value is -3.35. The second-order valence-corrected chi connectivity index (χ2v) is 8.21. The molecule has 0 radical (unpaired) electrons. The number of carbonyl (C=O) groups excluding carboxylic acids is 2. The zero-order valence-electron chi connectivity index (χ0n) is 18.3. The van der Waals surface area contributed by atoms with Crippen LogP contribution in [0.4, 0.5) is 13.2 Å². The number of hydrogen-bond donors (Lipinski definition) is 1. The van der Waals surface area contributed by atoms with Gasteiger partial charge in [0.2, 0.25) is 0 Å². The molecule has 2 aromatic rings. The van der Waals surface area contributed by atoms with Gasteiger partial charge < -0.3 is 10.1 Å². The fraction of sp³-hybridized carbons (Fsp3) is 0.308. The molecule has 0 aliphatic heterocycles. The van der Waals surface area contributed by atoms with Crippen LogP contribution in [-0.4, -0.2) is 24.9 Å².